The van der Waals surface area contributed by atoms with E-state index in [1.165, 1.54) is 12.2 Å². The summed E-state index contributed by atoms with van der Waals surface area (Å²) in [6.45, 7) is 7.01. The number of hydrogen-bond donors (Lipinski definition) is 1. The van der Waals surface area contributed by atoms with Crippen molar-refractivity contribution in [3.05, 3.63) is 25.3 Å². The van der Waals surface area contributed by atoms with E-state index in [4.69, 9.17) is 9.84 Å². The molecule has 0 aliphatic carbocycles. The fraction of sp³-hybridized carbons (Fsp3) is 0.462. The predicted octanol–water partition coefficient (Wildman–Crippen LogP) is 2.03. The maximum absolute atomic E-state index is 11.5. The standard InChI is InChI=1S/C13H18O5S/c1-3-5-10(13(16)17)9-12(15)19-8-6-11(14)18-7-4-2/h3-4,10H,1-2,5-9H2,(H,16,17). The second kappa shape index (κ2) is 10.4. The minimum absolute atomic E-state index is 0.0618. The molecular weight excluding hydrogens is 268 g/mol. The number of thioether (sulfide) groups is 1. The number of carbonyl (C=O) groups excluding carboxylic acids is 2. The molecule has 1 atom stereocenters. The van der Waals surface area contributed by atoms with Gasteiger partial charge in [0.15, 0.2) is 5.12 Å². The van der Waals surface area contributed by atoms with Crippen LogP contribution in [0.2, 0.25) is 0 Å². The summed E-state index contributed by atoms with van der Waals surface area (Å²) in [5.41, 5.74) is 0. The summed E-state index contributed by atoms with van der Waals surface area (Å²) in [5, 5.41) is 8.63. The minimum Gasteiger partial charge on any atom is -0.481 e. The smallest absolute Gasteiger partial charge is 0.307 e. The molecule has 0 bridgehead atoms. The first-order valence-corrected chi connectivity index (χ1v) is 6.75. The number of ether oxygens (including phenoxy) is 1. The van der Waals surface area contributed by atoms with Crippen molar-refractivity contribution in [1.82, 2.24) is 0 Å². The van der Waals surface area contributed by atoms with Crippen molar-refractivity contribution in [1.29, 1.82) is 0 Å². The molecule has 5 nitrogen and oxygen atoms in total. The van der Waals surface area contributed by atoms with Gasteiger partial charge >= 0.3 is 11.9 Å². The van der Waals surface area contributed by atoms with Gasteiger partial charge in [-0.15, -0.1) is 6.58 Å². The van der Waals surface area contributed by atoms with Crippen molar-refractivity contribution in [3.63, 3.8) is 0 Å². The molecule has 1 N–H and O–H groups in total. The Bertz CT molecular complexity index is 351. The second-order valence-corrected chi connectivity index (χ2v) is 4.86. The molecule has 0 aromatic heterocycles. The Morgan fingerprint density at radius 1 is 1.26 bits per heavy atom. The molecule has 0 spiro atoms. The van der Waals surface area contributed by atoms with Crippen molar-refractivity contribution in [2.45, 2.75) is 19.3 Å². The van der Waals surface area contributed by atoms with Crippen LogP contribution >= 0.6 is 11.8 Å². The maximum atomic E-state index is 11.5. The first-order valence-electron chi connectivity index (χ1n) is 5.77. The SMILES string of the molecule is C=CCOC(=O)CCSC(=O)CC(CC=C)C(=O)O. The van der Waals surface area contributed by atoms with Crippen LogP contribution in [-0.2, 0) is 19.1 Å². The fourth-order valence-corrected chi connectivity index (χ4v) is 2.02. The molecule has 0 aromatic carbocycles. The number of esters is 1. The molecule has 106 valence electrons. The molecule has 19 heavy (non-hydrogen) atoms. The van der Waals surface area contributed by atoms with E-state index in [1.807, 2.05) is 0 Å². The maximum Gasteiger partial charge on any atom is 0.307 e. The van der Waals surface area contributed by atoms with Crippen LogP contribution in [0.1, 0.15) is 19.3 Å². The quantitative estimate of drug-likeness (QED) is 0.489. The first-order chi connectivity index (χ1) is 9.01. The van der Waals surface area contributed by atoms with Gasteiger partial charge in [-0.05, 0) is 6.42 Å². The molecule has 0 fully saturated rings. The molecule has 0 aromatic rings. The molecule has 0 aliphatic rings. The highest BCUT2D eigenvalue weighted by Crippen LogP contribution is 2.16. The van der Waals surface area contributed by atoms with Crippen LogP contribution in [0.3, 0.4) is 0 Å². The zero-order valence-electron chi connectivity index (χ0n) is 10.7. The lowest BCUT2D eigenvalue weighted by molar-refractivity contribution is -0.143. The minimum atomic E-state index is -1.01. The molecule has 6 heteroatoms. The van der Waals surface area contributed by atoms with Gasteiger partial charge in [0.05, 0.1) is 12.3 Å². The summed E-state index contributed by atoms with van der Waals surface area (Å²) >= 11 is 0.947. The lowest BCUT2D eigenvalue weighted by Crippen LogP contribution is -2.16. The molecule has 0 radical (unpaired) electrons. The molecule has 0 saturated heterocycles. The molecule has 0 amide bonds. The van der Waals surface area contributed by atoms with Gasteiger partial charge in [-0.25, -0.2) is 0 Å². The molecule has 1 unspecified atom stereocenters. The largest absolute Gasteiger partial charge is 0.481 e. The second-order valence-electron chi connectivity index (χ2n) is 3.71. The zero-order chi connectivity index (χ0) is 14.7. The summed E-state index contributed by atoms with van der Waals surface area (Å²) in [5.74, 6) is -1.87. The van der Waals surface area contributed by atoms with Gasteiger partial charge in [-0.2, -0.15) is 0 Å². The lowest BCUT2D eigenvalue weighted by atomic mass is 10.0. The number of carbonyl (C=O) groups is 3. The topological polar surface area (TPSA) is 80.7 Å². The van der Waals surface area contributed by atoms with Crippen molar-refractivity contribution in [2.75, 3.05) is 12.4 Å². The third kappa shape index (κ3) is 9.07. The predicted molar refractivity (Wildman–Crippen MR) is 73.8 cm³/mol. The highest BCUT2D eigenvalue weighted by atomic mass is 32.2. The number of aliphatic carboxylic acids is 1. The molecule has 0 saturated carbocycles. The summed E-state index contributed by atoms with van der Waals surface area (Å²) in [4.78, 5) is 33.5. The third-order valence-corrected chi connectivity index (χ3v) is 3.04. The lowest BCUT2D eigenvalue weighted by Gasteiger charge is -2.08. The summed E-state index contributed by atoms with van der Waals surface area (Å²) in [6, 6.07) is 0. The van der Waals surface area contributed by atoms with E-state index in [0.717, 1.165) is 11.8 Å². The summed E-state index contributed by atoms with van der Waals surface area (Å²) in [6.07, 6.45) is 3.24. The average Bonchev–Trinajstić information content (AvgIpc) is 2.35. The van der Waals surface area contributed by atoms with E-state index in [-0.39, 0.29) is 36.7 Å². The Labute approximate surface area is 116 Å². The van der Waals surface area contributed by atoms with Crippen LogP contribution in [0.25, 0.3) is 0 Å². The van der Waals surface area contributed by atoms with Crippen molar-refractivity contribution in [3.8, 4) is 0 Å². The zero-order valence-corrected chi connectivity index (χ0v) is 11.5. The Balaban J connectivity index is 3.91. The number of carboxylic acids is 1. The normalized spacial score (nSPS) is 11.4. The Kier molecular flexibility index (Phi) is 9.52. The number of allylic oxidation sites excluding steroid dienone is 1. The molecule has 0 aliphatic heterocycles. The van der Waals surface area contributed by atoms with Gasteiger partial charge in [0.25, 0.3) is 0 Å². The summed E-state index contributed by atoms with van der Waals surface area (Å²) in [7, 11) is 0. The third-order valence-electron chi connectivity index (χ3n) is 2.14. The van der Waals surface area contributed by atoms with E-state index in [0.29, 0.717) is 0 Å². The van der Waals surface area contributed by atoms with Crippen molar-refractivity contribution >= 4 is 28.8 Å². The number of hydrogen-bond acceptors (Lipinski definition) is 5. The van der Waals surface area contributed by atoms with E-state index in [2.05, 4.69) is 13.2 Å². The van der Waals surface area contributed by atoms with Crippen LogP contribution in [-0.4, -0.2) is 34.5 Å². The van der Waals surface area contributed by atoms with Crippen molar-refractivity contribution in [2.24, 2.45) is 5.92 Å². The monoisotopic (exact) mass is 286 g/mol. The Morgan fingerprint density at radius 2 is 1.95 bits per heavy atom. The van der Waals surface area contributed by atoms with Crippen LogP contribution in [0.15, 0.2) is 25.3 Å². The highest BCUT2D eigenvalue weighted by molar-refractivity contribution is 8.13. The van der Waals surface area contributed by atoms with E-state index < -0.39 is 17.9 Å². The van der Waals surface area contributed by atoms with Gasteiger partial charge in [0.1, 0.15) is 6.61 Å². The van der Waals surface area contributed by atoms with E-state index >= 15 is 0 Å². The molecular formula is C13H18O5S. The first kappa shape index (κ1) is 17.4. The van der Waals surface area contributed by atoms with E-state index in [1.54, 1.807) is 0 Å². The fourth-order valence-electron chi connectivity index (χ4n) is 1.20. The van der Waals surface area contributed by atoms with Crippen LogP contribution in [0.4, 0.5) is 0 Å². The Morgan fingerprint density at radius 3 is 2.47 bits per heavy atom. The van der Waals surface area contributed by atoms with Crippen LogP contribution < -0.4 is 0 Å². The van der Waals surface area contributed by atoms with Gasteiger partial charge in [-0.1, -0.05) is 30.5 Å². The van der Waals surface area contributed by atoms with Gasteiger partial charge < -0.3 is 9.84 Å². The van der Waals surface area contributed by atoms with Gasteiger partial charge in [0.2, 0.25) is 0 Å². The van der Waals surface area contributed by atoms with Gasteiger partial charge in [-0.3, -0.25) is 14.4 Å². The number of rotatable bonds is 10. The van der Waals surface area contributed by atoms with Crippen molar-refractivity contribution < 1.29 is 24.2 Å². The summed E-state index contributed by atoms with van der Waals surface area (Å²) < 4.78 is 4.74. The Hall–Kier alpha value is -1.56. The average molecular weight is 286 g/mol. The van der Waals surface area contributed by atoms with Crippen LogP contribution in [0.5, 0.6) is 0 Å². The molecule has 0 heterocycles. The highest BCUT2D eigenvalue weighted by Gasteiger charge is 2.20. The van der Waals surface area contributed by atoms with E-state index in [9.17, 15) is 14.4 Å². The molecule has 0 rings (SSSR count). The number of carboxylic acid groups (broad SMARTS) is 1. The van der Waals surface area contributed by atoms with Gasteiger partial charge in [0, 0.05) is 12.2 Å². The van der Waals surface area contributed by atoms with Crippen LogP contribution in [0, 0.1) is 5.92 Å².